The largest absolute Gasteiger partial charge is 0.383 e. The molecule has 2 atom stereocenters. The predicted molar refractivity (Wildman–Crippen MR) is 81.7 cm³/mol. The third-order valence-corrected chi connectivity index (χ3v) is 3.82. The Kier molecular flexibility index (Phi) is 5.34. The summed E-state index contributed by atoms with van der Waals surface area (Å²) in [6.07, 6.45) is 3.09. The highest BCUT2D eigenvalue weighted by Gasteiger charge is 2.29. The van der Waals surface area contributed by atoms with Gasteiger partial charge in [0, 0.05) is 24.8 Å². The van der Waals surface area contributed by atoms with E-state index in [4.69, 9.17) is 10.5 Å². The number of likely N-dealkylation sites (N-methyl/N-ethyl adjacent to an activating group) is 1. The Morgan fingerprint density at radius 3 is 3.10 bits per heavy atom. The normalized spacial score (nSPS) is 21.9. The van der Waals surface area contributed by atoms with Crippen molar-refractivity contribution in [3.05, 3.63) is 23.4 Å². The first kappa shape index (κ1) is 15.2. The van der Waals surface area contributed by atoms with Gasteiger partial charge in [-0.2, -0.15) is 0 Å². The van der Waals surface area contributed by atoms with Crippen LogP contribution >= 0.6 is 0 Å². The fraction of sp³-hybridized carbons (Fsp3) is 0.667. The van der Waals surface area contributed by atoms with Crippen LogP contribution in [0.3, 0.4) is 0 Å². The van der Waals surface area contributed by atoms with Crippen LogP contribution in [0.25, 0.3) is 0 Å². The molecule has 1 aromatic heterocycles. The van der Waals surface area contributed by atoms with Crippen molar-refractivity contribution in [2.75, 3.05) is 39.0 Å². The van der Waals surface area contributed by atoms with Crippen molar-refractivity contribution in [3.63, 3.8) is 0 Å². The highest BCUT2D eigenvalue weighted by Crippen LogP contribution is 2.26. The Morgan fingerprint density at radius 1 is 1.60 bits per heavy atom. The van der Waals surface area contributed by atoms with Gasteiger partial charge in [0.2, 0.25) is 0 Å². The number of aromatic nitrogens is 1. The maximum atomic E-state index is 6.05. The molecule has 1 aromatic rings. The van der Waals surface area contributed by atoms with Gasteiger partial charge in [-0.25, -0.2) is 4.98 Å². The summed E-state index contributed by atoms with van der Waals surface area (Å²) < 4.78 is 5.97. The number of hydrogen-bond donors (Lipinski definition) is 2. The van der Waals surface area contributed by atoms with Gasteiger partial charge in [0.25, 0.3) is 0 Å². The van der Waals surface area contributed by atoms with Crippen LogP contribution in [0.2, 0.25) is 0 Å². The Hall–Kier alpha value is -1.17. The molecule has 2 unspecified atom stereocenters. The third-order valence-electron chi connectivity index (χ3n) is 3.82. The number of anilines is 1. The summed E-state index contributed by atoms with van der Waals surface area (Å²) in [5, 5.41) is 3.35. The van der Waals surface area contributed by atoms with E-state index in [1.54, 1.807) is 6.20 Å². The quantitative estimate of drug-likeness (QED) is 0.851. The van der Waals surface area contributed by atoms with Gasteiger partial charge in [-0.1, -0.05) is 6.92 Å². The van der Waals surface area contributed by atoms with E-state index in [1.165, 1.54) is 6.42 Å². The van der Waals surface area contributed by atoms with E-state index in [0.717, 1.165) is 37.4 Å². The standard InChI is InChI=1S/C15H26N4O/c1-4-5-19-6-7-20-13(10-19)14(17-3)12-8-11(2)9-18-15(12)16/h8-9,13-14,17H,4-7,10H2,1-3H3,(H2,16,18). The van der Waals surface area contributed by atoms with Crippen LogP contribution in [0, 0.1) is 6.92 Å². The molecule has 5 nitrogen and oxygen atoms in total. The van der Waals surface area contributed by atoms with Gasteiger partial charge in [0.15, 0.2) is 0 Å². The van der Waals surface area contributed by atoms with Crippen molar-refractivity contribution in [1.82, 2.24) is 15.2 Å². The van der Waals surface area contributed by atoms with E-state index < -0.39 is 0 Å². The van der Waals surface area contributed by atoms with Crippen molar-refractivity contribution in [3.8, 4) is 0 Å². The van der Waals surface area contributed by atoms with Crippen molar-refractivity contribution in [2.45, 2.75) is 32.4 Å². The van der Waals surface area contributed by atoms with Gasteiger partial charge in [-0.3, -0.25) is 4.90 Å². The first-order chi connectivity index (χ1) is 9.65. The molecule has 1 saturated heterocycles. The molecule has 0 aromatic carbocycles. The number of rotatable bonds is 5. The number of nitrogens with zero attached hydrogens (tertiary/aromatic N) is 2. The summed E-state index contributed by atoms with van der Waals surface area (Å²) in [5.41, 5.74) is 8.20. The van der Waals surface area contributed by atoms with E-state index in [2.05, 4.69) is 28.2 Å². The van der Waals surface area contributed by atoms with Gasteiger partial charge in [0.1, 0.15) is 5.82 Å². The number of nitrogen functional groups attached to an aromatic ring is 1. The molecule has 2 rings (SSSR count). The van der Waals surface area contributed by atoms with Crippen molar-refractivity contribution in [2.24, 2.45) is 0 Å². The molecular formula is C15H26N4O. The second-order valence-electron chi connectivity index (χ2n) is 5.46. The lowest BCUT2D eigenvalue weighted by Gasteiger charge is -2.37. The zero-order valence-electron chi connectivity index (χ0n) is 12.7. The molecular weight excluding hydrogens is 252 g/mol. The number of morpholine rings is 1. The van der Waals surface area contributed by atoms with Crippen LogP contribution in [0.5, 0.6) is 0 Å². The van der Waals surface area contributed by atoms with Gasteiger partial charge < -0.3 is 15.8 Å². The Labute approximate surface area is 121 Å². The molecule has 20 heavy (non-hydrogen) atoms. The lowest BCUT2D eigenvalue weighted by molar-refractivity contribution is -0.0458. The first-order valence-corrected chi connectivity index (χ1v) is 7.39. The molecule has 2 heterocycles. The summed E-state index contributed by atoms with van der Waals surface area (Å²) in [4.78, 5) is 6.72. The van der Waals surface area contributed by atoms with Gasteiger partial charge in [-0.15, -0.1) is 0 Å². The SMILES string of the molecule is CCCN1CCOC(C(NC)c2cc(C)cnc2N)C1. The second kappa shape index (κ2) is 7.02. The minimum atomic E-state index is 0.0852. The molecule has 0 aliphatic carbocycles. The summed E-state index contributed by atoms with van der Waals surface area (Å²) in [7, 11) is 1.95. The predicted octanol–water partition coefficient (Wildman–Crippen LogP) is 1.34. The smallest absolute Gasteiger partial charge is 0.128 e. The van der Waals surface area contributed by atoms with Crippen molar-refractivity contribution in [1.29, 1.82) is 0 Å². The van der Waals surface area contributed by atoms with Crippen LogP contribution in [0.1, 0.15) is 30.5 Å². The topological polar surface area (TPSA) is 63.4 Å². The van der Waals surface area contributed by atoms with Crippen LogP contribution < -0.4 is 11.1 Å². The number of hydrogen-bond acceptors (Lipinski definition) is 5. The molecule has 0 saturated carbocycles. The summed E-state index contributed by atoms with van der Waals surface area (Å²) in [5.74, 6) is 0.589. The molecule has 3 N–H and O–H groups in total. The Bertz CT molecular complexity index is 436. The summed E-state index contributed by atoms with van der Waals surface area (Å²) in [6, 6.07) is 2.19. The van der Waals surface area contributed by atoms with E-state index in [0.29, 0.717) is 5.82 Å². The molecule has 5 heteroatoms. The second-order valence-corrected chi connectivity index (χ2v) is 5.46. The zero-order chi connectivity index (χ0) is 14.5. The van der Waals surface area contributed by atoms with E-state index in [-0.39, 0.29) is 12.1 Å². The maximum Gasteiger partial charge on any atom is 0.128 e. The minimum absolute atomic E-state index is 0.0852. The van der Waals surface area contributed by atoms with Crippen LogP contribution in [0.4, 0.5) is 5.82 Å². The van der Waals surface area contributed by atoms with Crippen LogP contribution in [-0.4, -0.2) is 49.3 Å². The number of pyridine rings is 1. The van der Waals surface area contributed by atoms with E-state index in [9.17, 15) is 0 Å². The molecule has 112 valence electrons. The highest BCUT2D eigenvalue weighted by atomic mass is 16.5. The van der Waals surface area contributed by atoms with Crippen molar-refractivity contribution >= 4 is 5.82 Å². The molecule has 0 bridgehead atoms. The summed E-state index contributed by atoms with van der Waals surface area (Å²) >= 11 is 0. The maximum absolute atomic E-state index is 6.05. The number of aryl methyl sites for hydroxylation is 1. The molecule has 0 radical (unpaired) electrons. The lowest BCUT2D eigenvalue weighted by atomic mass is 9.99. The fourth-order valence-corrected chi connectivity index (χ4v) is 2.85. The van der Waals surface area contributed by atoms with Crippen molar-refractivity contribution < 1.29 is 4.74 Å². The molecule has 0 spiro atoms. The monoisotopic (exact) mass is 278 g/mol. The van der Waals surface area contributed by atoms with Gasteiger partial charge in [0.05, 0.1) is 18.8 Å². The third kappa shape index (κ3) is 3.48. The Balaban J connectivity index is 2.16. The highest BCUT2D eigenvalue weighted by molar-refractivity contribution is 5.43. The Morgan fingerprint density at radius 2 is 2.40 bits per heavy atom. The van der Waals surface area contributed by atoms with E-state index >= 15 is 0 Å². The van der Waals surface area contributed by atoms with Gasteiger partial charge in [-0.05, 0) is 38.6 Å². The zero-order valence-corrected chi connectivity index (χ0v) is 12.7. The van der Waals surface area contributed by atoms with Gasteiger partial charge >= 0.3 is 0 Å². The average molecular weight is 278 g/mol. The summed E-state index contributed by atoms with van der Waals surface area (Å²) in [6.45, 7) is 8.10. The number of ether oxygens (including phenoxy) is 1. The lowest BCUT2D eigenvalue weighted by Crippen LogP contribution is -2.48. The van der Waals surface area contributed by atoms with Crippen LogP contribution in [0.15, 0.2) is 12.3 Å². The molecule has 1 fully saturated rings. The van der Waals surface area contributed by atoms with E-state index in [1.807, 2.05) is 14.0 Å². The average Bonchev–Trinajstić information content (AvgIpc) is 2.44. The van der Waals surface area contributed by atoms with Crippen LogP contribution in [-0.2, 0) is 4.74 Å². The molecule has 1 aliphatic heterocycles. The number of nitrogens with two attached hydrogens (primary N) is 1. The number of nitrogens with one attached hydrogen (secondary N) is 1. The first-order valence-electron chi connectivity index (χ1n) is 7.39. The fourth-order valence-electron chi connectivity index (χ4n) is 2.85. The molecule has 1 aliphatic rings. The molecule has 0 amide bonds. The minimum Gasteiger partial charge on any atom is -0.383 e.